The van der Waals surface area contributed by atoms with Crippen LogP contribution in [-0.4, -0.2) is 11.1 Å². The molecule has 0 fully saturated rings. The molecule has 1 atom stereocenters. The van der Waals surface area contributed by atoms with E-state index in [-0.39, 0.29) is 0 Å². The third-order valence-electron chi connectivity index (χ3n) is 2.42. The van der Waals surface area contributed by atoms with Crippen molar-refractivity contribution in [2.75, 3.05) is 0 Å². The zero-order chi connectivity index (χ0) is 13.4. The summed E-state index contributed by atoms with van der Waals surface area (Å²) in [6, 6.07) is 7.50. The number of aliphatic carboxylic acids is 1. The average Bonchev–Trinajstić information content (AvgIpc) is 2.39. The first-order valence-electron chi connectivity index (χ1n) is 5.71. The van der Waals surface area contributed by atoms with E-state index in [0.29, 0.717) is 5.57 Å². The van der Waals surface area contributed by atoms with E-state index in [9.17, 15) is 4.79 Å². The van der Waals surface area contributed by atoms with Gasteiger partial charge in [0.05, 0.1) is 5.92 Å². The van der Waals surface area contributed by atoms with Crippen molar-refractivity contribution < 1.29 is 9.90 Å². The summed E-state index contributed by atoms with van der Waals surface area (Å²) in [7, 11) is 0. The highest BCUT2D eigenvalue weighted by Gasteiger charge is 2.17. The quantitative estimate of drug-likeness (QED) is 0.849. The molecule has 0 amide bonds. The zero-order valence-corrected chi connectivity index (χ0v) is 10.7. The second kappa shape index (κ2) is 7.44. The van der Waals surface area contributed by atoms with Crippen molar-refractivity contribution >= 4 is 17.6 Å². The SMILES string of the molecule is C=Cc1ccccc1C(=C)C(C)C(=O)O.CC. The van der Waals surface area contributed by atoms with Crippen LogP contribution in [0.5, 0.6) is 0 Å². The summed E-state index contributed by atoms with van der Waals surface area (Å²) in [5.41, 5.74) is 2.37. The molecule has 0 aliphatic carbocycles. The molecular formula is C15H20O2. The van der Waals surface area contributed by atoms with Crippen LogP contribution in [0.1, 0.15) is 31.9 Å². The molecule has 0 aliphatic rings. The van der Waals surface area contributed by atoms with Gasteiger partial charge in [-0.3, -0.25) is 4.79 Å². The lowest BCUT2D eigenvalue weighted by molar-refractivity contribution is -0.139. The van der Waals surface area contributed by atoms with E-state index in [1.807, 2.05) is 38.1 Å². The van der Waals surface area contributed by atoms with Crippen LogP contribution < -0.4 is 0 Å². The van der Waals surface area contributed by atoms with Crippen LogP contribution in [0.15, 0.2) is 37.4 Å². The van der Waals surface area contributed by atoms with Gasteiger partial charge in [-0.2, -0.15) is 0 Å². The Morgan fingerprint density at radius 1 is 1.35 bits per heavy atom. The summed E-state index contributed by atoms with van der Waals surface area (Å²) >= 11 is 0. The molecule has 92 valence electrons. The maximum Gasteiger partial charge on any atom is 0.310 e. The standard InChI is InChI=1S/C13H14O2.C2H6/c1-4-11-7-5-6-8-12(11)9(2)10(3)13(14)15;1-2/h4-8,10H,1-2H2,3H3,(H,14,15);1-2H3. The number of carbonyl (C=O) groups is 1. The first kappa shape index (κ1) is 15.2. The Kier molecular flexibility index (Phi) is 6.64. The minimum atomic E-state index is -0.862. The van der Waals surface area contributed by atoms with Crippen molar-refractivity contribution in [2.45, 2.75) is 20.8 Å². The molecule has 17 heavy (non-hydrogen) atoms. The average molecular weight is 232 g/mol. The van der Waals surface area contributed by atoms with E-state index in [0.717, 1.165) is 11.1 Å². The molecule has 0 bridgehead atoms. The van der Waals surface area contributed by atoms with E-state index in [1.54, 1.807) is 13.0 Å². The van der Waals surface area contributed by atoms with Crippen molar-refractivity contribution in [3.63, 3.8) is 0 Å². The maximum absolute atomic E-state index is 10.8. The Hall–Kier alpha value is -1.83. The lowest BCUT2D eigenvalue weighted by Gasteiger charge is -2.12. The summed E-state index contributed by atoms with van der Waals surface area (Å²) in [6.45, 7) is 13.1. The normalized spacial score (nSPS) is 10.8. The molecule has 1 rings (SSSR count). The number of hydrogen-bond acceptors (Lipinski definition) is 1. The van der Waals surface area contributed by atoms with Gasteiger partial charge in [-0.15, -0.1) is 0 Å². The number of carboxylic acids is 1. The summed E-state index contributed by atoms with van der Waals surface area (Å²) in [5.74, 6) is -1.44. The molecule has 0 spiro atoms. The van der Waals surface area contributed by atoms with Gasteiger partial charge in [-0.25, -0.2) is 0 Å². The highest BCUT2D eigenvalue weighted by atomic mass is 16.4. The Morgan fingerprint density at radius 3 is 2.35 bits per heavy atom. The van der Waals surface area contributed by atoms with Crippen LogP contribution in [-0.2, 0) is 4.79 Å². The van der Waals surface area contributed by atoms with Gasteiger partial charge < -0.3 is 5.11 Å². The van der Waals surface area contributed by atoms with Crippen molar-refractivity contribution in [2.24, 2.45) is 5.92 Å². The lowest BCUT2D eigenvalue weighted by Crippen LogP contribution is -2.11. The second-order valence-electron chi connectivity index (χ2n) is 3.38. The van der Waals surface area contributed by atoms with E-state index < -0.39 is 11.9 Å². The number of rotatable bonds is 4. The Balaban J connectivity index is 0.00000121. The first-order valence-corrected chi connectivity index (χ1v) is 5.71. The van der Waals surface area contributed by atoms with E-state index >= 15 is 0 Å². The topological polar surface area (TPSA) is 37.3 Å². The highest BCUT2D eigenvalue weighted by molar-refractivity contribution is 5.88. The minimum absolute atomic E-state index is 0.578. The van der Waals surface area contributed by atoms with Crippen LogP contribution in [0.2, 0.25) is 0 Å². The summed E-state index contributed by atoms with van der Waals surface area (Å²) < 4.78 is 0. The number of benzene rings is 1. The molecule has 1 N–H and O–H groups in total. The molecule has 0 saturated heterocycles. The molecule has 2 nitrogen and oxygen atoms in total. The molecule has 2 heteroatoms. The van der Waals surface area contributed by atoms with Crippen LogP contribution in [0.25, 0.3) is 11.6 Å². The molecule has 1 aromatic carbocycles. The fourth-order valence-electron chi connectivity index (χ4n) is 1.35. The largest absolute Gasteiger partial charge is 0.481 e. The monoisotopic (exact) mass is 232 g/mol. The Labute approximate surface area is 103 Å². The van der Waals surface area contributed by atoms with Gasteiger partial charge in [0.1, 0.15) is 0 Å². The maximum atomic E-state index is 10.8. The van der Waals surface area contributed by atoms with Crippen molar-refractivity contribution in [3.8, 4) is 0 Å². The van der Waals surface area contributed by atoms with Gasteiger partial charge in [-0.05, 0) is 23.6 Å². The Morgan fingerprint density at radius 2 is 1.88 bits per heavy atom. The fourth-order valence-corrected chi connectivity index (χ4v) is 1.35. The molecular weight excluding hydrogens is 212 g/mol. The van der Waals surface area contributed by atoms with E-state index in [1.165, 1.54) is 0 Å². The highest BCUT2D eigenvalue weighted by Crippen LogP contribution is 2.25. The molecule has 1 unspecified atom stereocenters. The third-order valence-corrected chi connectivity index (χ3v) is 2.42. The summed E-state index contributed by atoms with van der Waals surface area (Å²) in [4.78, 5) is 10.8. The van der Waals surface area contributed by atoms with Gasteiger partial charge in [0, 0.05) is 0 Å². The van der Waals surface area contributed by atoms with Crippen LogP contribution in [0.3, 0.4) is 0 Å². The lowest BCUT2D eigenvalue weighted by atomic mass is 9.92. The van der Waals surface area contributed by atoms with Crippen molar-refractivity contribution in [1.82, 2.24) is 0 Å². The predicted octanol–water partition coefficient (Wildman–Crippen LogP) is 4.09. The zero-order valence-electron chi connectivity index (χ0n) is 10.7. The smallest absolute Gasteiger partial charge is 0.310 e. The van der Waals surface area contributed by atoms with Crippen LogP contribution in [0, 0.1) is 5.92 Å². The van der Waals surface area contributed by atoms with Crippen molar-refractivity contribution in [3.05, 3.63) is 48.6 Å². The fraction of sp³-hybridized carbons (Fsp3) is 0.267. The first-order chi connectivity index (χ1) is 8.07. The molecule has 0 aromatic heterocycles. The molecule has 0 saturated carbocycles. The second-order valence-corrected chi connectivity index (χ2v) is 3.38. The van der Waals surface area contributed by atoms with Gasteiger partial charge >= 0.3 is 5.97 Å². The number of carboxylic acid groups (broad SMARTS) is 1. The van der Waals surface area contributed by atoms with Gasteiger partial charge in [0.25, 0.3) is 0 Å². The van der Waals surface area contributed by atoms with Gasteiger partial charge in [0.2, 0.25) is 0 Å². The molecule has 1 aromatic rings. The van der Waals surface area contributed by atoms with Gasteiger partial charge in [0.15, 0.2) is 0 Å². The molecule has 0 aliphatic heterocycles. The minimum Gasteiger partial charge on any atom is -0.481 e. The van der Waals surface area contributed by atoms with Gasteiger partial charge in [-0.1, -0.05) is 57.3 Å². The van der Waals surface area contributed by atoms with E-state index in [2.05, 4.69) is 13.2 Å². The van der Waals surface area contributed by atoms with Crippen LogP contribution >= 0.6 is 0 Å². The van der Waals surface area contributed by atoms with Crippen molar-refractivity contribution in [1.29, 1.82) is 0 Å². The molecule has 0 heterocycles. The summed E-state index contributed by atoms with van der Waals surface area (Å²) in [6.07, 6.45) is 1.70. The summed E-state index contributed by atoms with van der Waals surface area (Å²) in [5, 5.41) is 8.89. The molecule has 0 radical (unpaired) electrons. The Bertz CT molecular complexity index is 405. The number of hydrogen-bond donors (Lipinski definition) is 1. The van der Waals surface area contributed by atoms with Crippen LogP contribution in [0.4, 0.5) is 0 Å². The van der Waals surface area contributed by atoms with E-state index in [4.69, 9.17) is 5.11 Å². The third kappa shape index (κ3) is 3.91. The predicted molar refractivity (Wildman–Crippen MR) is 73.7 cm³/mol.